The summed E-state index contributed by atoms with van der Waals surface area (Å²) in [6, 6.07) is 0. The number of amides is 1. The predicted octanol–water partition coefficient (Wildman–Crippen LogP) is -0.356. The fourth-order valence-corrected chi connectivity index (χ4v) is 1.88. The Hall–Kier alpha value is -0.610. The standard InChI is InChI=1S/C9H17NO3/c11-6-10-3-1-2-7-4-8(12)9(13)5-7/h6-9,12-13H,1-5H2,(H,10,11)/t7?,8-,9+. The van der Waals surface area contributed by atoms with Crippen LogP contribution in [-0.4, -0.2) is 35.4 Å². The van der Waals surface area contributed by atoms with Crippen LogP contribution in [0.3, 0.4) is 0 Å². The van der Waals surface area contributed by atoms with Crippen molar-refractivity contribution in [1.29, 1.82) is 0 Å². The first-order valence-corrected chi connectivity index (χ1v) is 4.77. The van der Waals surface area contributed by atoms with Gasteiger partial charge in [0.2, 0.25) is 6.41 Å². The summed E-state index contributed by atoms with van der Waals surface area (Å²) in [6.45, 7) is 0.687. The number of rotatable bonds is 5. The average molecular weight is 187 g/mol. The molecule has 1 amide bonds. The highest BCUT2D eigenvalue weighted by Gasteiger charge is 2.30. The highest BCUT2D eigenvalue weighted by atomic mass is 16.3. The van der Waals surface area contributed by atoms with Gasteiger partial charge in [0.1, 0.15) is 0 Å². The predicted molar refractivity (Wildman–Crippen MR) is 48.0 cm³/mol. The Morgan fingerprint density at radius 3 is 2.46 bits per heavy atom. The van der Waals surface area contributed by atoms with Crippen LogP contribution in [0.15, 0.2) is 0 Å². The van der Waals surface area contributed by atoms with E-state index in [-0.39, 0.29) is 0 Å². The van der Waals surface area contributed by atoms with Crippen LogP contribution in [0, 0.1) is 5.92 Å². The zero-order valence-electron chi connectivity index (χ0n) is 7.65. The van der Waals surface area contributed by atoms with Gasteiger partial charge < -0.3 is 15.5 Å². The molecule has 4 heteroatoms. The molecule has 0 aromatic rings. The highest BCUT2D eigenvalue weighted by Crippen LogP contribution is 2.29. The fraction of sp³-hybridized carbons (Fsp3) is 0.889. The molecule has 0 aromatic heterocycles. The lowest BCUT2D eigenvalue weighted by Gasteiger charge is -2.07. The van der Waals surface area contributed by atoms with Crippen LogP contribution in [0.2, 0.25) is 0 Å². The van der Waals surface area contributed by atoms with Gasteiger partial charge in [-0.3, -0.25) is 4.79 Å². The smallest absolute Gasteiger partial charge is 0.207 e. The topological polar surface area (TPSA) is 69.6 Å². The Morgan fingerprint density at radius 2 is 1.92 bits per heavy atom. The van der Waals surface area contributed by atoms with Gasteiger partial charge in [-0.2, -0.15) is 0 Å². The number of aliphatic hydroxyl groups excluding tert-OH is 2. The Morgan fingerprint density at radius 1 is 1.31 bits per heavy atom. The molecular formula is C9H17NO3. The van der Waals surface area contributed by atoms with Crippen LogP contribution in [-0.2, 0) is 4.79 Å². The van der Waals surface area contributed by atoms with E-state index in [1.54, 1.807) is 0 Å². The van der Waals surface area contributed by atoms with Crippen molar-refractivity contribution in [1.82, 2.24) is 5.32 Å². The van der Waals surface area contributed by atoms with Crippen LogP contribution in [0.1, 0.15) is 25.7 Å². The minimum Gasteiger partial charge on any atom is -0.390 e. The molecule has 1 fully saturated rings. The lowest BCUT2D eigenvalue weighted by Crippen LogP contribution is -2.17. The van der Waals surface area contributed by atoms with E-state index in [0.29, 0.717) is 31.7 Å². The van der Waals surface area contributed by atoms with E-state index in [9.17, 15) is 15.0 Å². The molecular weight excluding hydrogens is 170 g/mol. The minimum atomic E-state index is -0.538. The van der Waals surface area contributed by atoms with Gasteiger partial charge in [-0.1, -0.05) is 0 Å². The van der Waals surface area contributed by atoms with Crippen molar-refractivity contribution >= 4 is 6.41 Å². The number of nitrogens with one attached hydrogen (secondary N) is 1. The van der Waals surface area contributed by atoms with E-state index in [1.807, 2.05) is 0 Å². The molecule has 1 aliphatic carbocycles. The molecule has 0 radical (unpaired) electrons. The van der Waals surface area contributed by atoms with Crippen LogP contribution in [0.5, 0.6) is 0 Å². The molecule has 76 valence electrons. The summed E-state index contributed by atoms with van der Waals surface area (Å²) < 4.78 is 0. The largest absolute Gasteiger partial charge is 0.390 e. The number of carbonyl (C=O) groups is 1. The number of aliphatic hydroxyl groups is 2. The summed E-state index contributed by atoms with van der Waals surface area (Å²) in [5, 5.41) is 21.1. The molecule has 0 saturated heterocycles. The second kappa shape index (κ2) is 5.19. The van der Waals surface area contributed by atoms with E-state index in [1.165, 1.54) is 0 Å². The van der Waals surface area contributed by atoms with Crippen molar-refractivity contribution in [3.8, 4) is 0 Å². The SMILES string of the molecule is O=CNCCCC1C[C@@H](O)[C@@H](O)C1. The van der Waals surface area contributed by atoms with E-state index in [4.69, 9.17) is 0 Å². The molecule has 0 spiro atoms. The molecule has 1 rings (SSSR count). The van der Waals surface area contributed by atoms with Gasteiger partial charge in [0, 0.05) is 6.54 Å². The Bertz CT molecular complexity index is 153. The van der Waals surface area contributed by atoms with Crippen LogP contribution in [0.25, 0.3) is 0 Å². The first kappa shape index (κ1) is 10.5. The lowest BCUT2D eigenvalue weighted by molar-refractivity contribution is -0.109. The van der Waals surface area contributed by atoms with Crippen molar-refractivity contribution in [2.24, 2.45) is 5.92 Å². The van der Waals surface area contributed by atoms with Gasteiger partial charge in [-0.25, -0.2) is 0 Å². The first-order chi connectivity index (χ1) is 6.24. The van der Waals surface area contributed by atoms with E-state index in [0.717, 1.165) is 12.8 Å². The van der Waals surface area contributed by atoms with E-state index >= 15 is 0 Å². The summed E-state index contributed by atoms with van der Waals surface area (Å²) in [4.78, 5) is 9.91. The van der Waals surface area contributed by atoms with Crippen molar-refractivity contribution in [2.45, 2.75) is 37.9 Å². The van der Waals surface area contributed by atoms with Gasteiger partial charge in [-0.15, -0.1) is 0 Å². The van der Waals surface area contributed by atoms with Gasteiger partial charge in [0.05, 0.1) is 12.2 Å². The van der Waals surface area contributed by atoms with Crippen LogP contribution >= 0.6 is 0 Å². The van der Waals surface area contributed by atoms with Crippen LogP contribution in [0.4, 0.5) is 0 Å². The van der Waals surface area contributed by atoms with Crippen molar-refractivity contribution in [3.63, 3.8) is 0 Å². The van der Waals surface area contributed by atoms with Gasteiger partial charge >= 0.3 is 0 Å². The van der Waals surface area contributed by atoms with Crippen molar-refractivity contribution < 1.29 is 15.0 Å². The van der Waals surface area contributed by atoms with Crippen molar-refractivity contribution in [2.75, 3.05) is 6.54 Å². The van der Waals surface area contributed by atoms with Crippen molar-refractivity contribution in [3.05, 3.63) is 0 Å². The summed E-state index contributed by atoms with van der Waals surface area (Å²) >= 11 is 0. The fourth-order valence-electron chi connectivity index (χ4n) is 1.88. The molecule has 1 aliphatic rings. The summed E-state index contributed by atoms with van der Waals surface area (Å²) in [6.07, 6.45) is 2.90. The molecule has 0 heterocycles. The molecule has 1 saturated carbocycles. The maximum absolute atomic E-state index is 9.91. The molecule has 13 heavy (non-hydrogen) atoms. The Labute approximate surface area is 78.0 Å². The minimum absolute atomic E-state index is 0.415. The maximum Gasteiger partial charge on any atom is 0.207 e. The zero-order chi connectivity index (χ0) is 9.68. The zero-order valence-corrected chi connectivity index (χ0v) is 7.65. The summed E-state index contributed by atoms with van der Waals surface area (Å²) in [7, 11) is 0. The number of hydrogen-bond donors (Lipinski definition) is 3. The first-order valence-electron chi connectivity index (χ1n) is 4.77. The van der Waals surface area contributed by atoms with E-state index in [2.05, 4.69) is 5.32 Å². The Balaban J connectivity index is 2.06. The quantitative estimate of drug-likeness (QED) is 0.407. The monoisotopic (exact) mass is 187 g/mol. The third kappa shape index (κ3) is 3.32. The molecule has 0 aliphatic heterocycles. The average Bonchev–Trinajstić information content (AvgIpc) is 2.41. The summed E-state index contributed by atoms with van der Waals surface area (Å²) in [5.74, 6) is 0.415. The maximum atomic E-state index is 9.91. The molecule has 3 N–H and O–H groups in total. The van der Waals surface area contributed by atoms with Gasteiger partial charge in [0.25, 0.3) is 0 Å². The molecule has 0 aromatic carbocycles. The van der Waals surface area contributed by atoms with Gasteiger partial charge in [-0.05, 0) is 31.6 Å². The second-order valence-electron chi connectivity index (χ2n) is 3.69. The normalized spacial score (nSPS) is 33.2. The third-order valence-corrected chi connectivity index (χ3v) is 2.61. The lowest BCUT2D eigenvalue weighted by atomic mass is 10.0. The Kier molecular flexibility index (Phi) is 4.18. The van der Waals surface area contributed by atoms with Crippen LogP contribution < -0.4 is 5.32 Å². The molecule has 1 unspecified atom stereocenters. The molecule has 3 atom stereocenters. The third-order valence-electron chi connectivity index (χ3n) is 2.61. The number of carbonyl (C=O) groups excluding carboxylic acids is 1. The van der Waals surface area contributed by atoms with Gasteiger partial charge in [0.15, 0.2) is 0 Å². The number of hydrogen-bond acceptors (Lipinski definition) is 3. The summed E-state index contributed by atoms with van der Waals surface area (Å²) in [5.41, 5.74) is 0. The highest BCUT2D eigenvalue weighted by molar-refractivity contribution is 5.45. The van der Waals surface area contributed by atoms with E-state index < -0.39 is 12.2 Å². The molecule has 0 bridgehead atoms. The second-order valence-corrected chi connectivity index (χ2v) is 3.69. The molecule has 4 nitrogen and oxygen atoms in total.